The highest BCUT2D eigenvalue weighted by Gasteiger charge is 2.11. The summed E-state index contributed by atoms with van der Waals surface area (Å²) in [6.07, 6.45) is 22.2. The van der Waals surface area contributed by atoms with Gasteiger partial charge >= 0.3 is 11.9 Å². The van der Waals surface area contributed by atoms with Gasteiger partial charge in [-0.15, -0.1) is 0 Å². The Kier molecular flexibility index (Phi) is 23.5. The largest absolute Gasteiger partial charge is 0.481 e. The van der Waals surface area contributed by atoms with Crippen LogP contribution in [-0.4, -0.2) is 47.2 Å². The first-order valence-corrected chi connectivity index (χ1v) is 14.5. The fraction of sp³-hybridized carbons (Fsp3) is 0.742. The molecule has 0 aliphatic heterocycles. The third-order valence-electron chi connectivity index (χ3n) is 6.72. The zero-order chi connectivity index (χ0) is 26.9. The highest BCUT2D eigenvalue weighted by atomic mass is 16.4. The smallest absolute Gasteiger partial charge is 0.303 e. The second-order valence-corrected chi connectivity index (χ2v) is 10.3. The second kappa shape index (κ2) is 24.8. The number of carbonyl (C=O) groups is 2. The molecule has 0 radical (unpaired) electrons. The fourth-order valence-electron chi connectivity index (χ4n) is 4.38. The van der Waals surface area contributed by atoms with Crippen molar-refractivity contribution in [3.63, 3.8) is 0 Å². The lowest BCUT2D eigenvalue weighted by atomic mass is 9.98. The molecular formula is C31H55NO4. The molecule has 0 amide bonds. The topological polar surface area (TPSA) is 77.8 Å². The highest BCUT2D eigenvalue weighted by Crippen LogP contribution is 2.16. The summed E-state index contributed by atoms with van der Waals surface area (Å²) in [6, 6.07) is 11.6. The number of hydrogen-bond acceptors (Lipinski definition) is 3. The summed E-state index contributed by atoms with van der Waals surface area (Å²) in [5.74, 6) is -1.74. The van der Waals surface area contributed by atoms with Gasteiger partial charge in [0.15, 0.2) is 0 Å². The lowest BCUT2D eigenvalue weighted by molar-refractivity contribution is -0.139. The summed E-state index contributed by atoms with van der Waals surface area (Å²) >= 11 is 0. The van der Waals surface area contributed by atoms with Gasteiger partial charge in [0.1, 0.15) is 0 Å². The van der Waals surface area contributed by atoms with Crippen molar-refractivity contribution in [3.05, 3.63) is 35.9 Å². The van der Waals surface area contributed by atoms with Gasteiger partial charge in [-0.05, 0) is 45.3 Å². The van der Waals surface area contributed by atoms with E-state index in [1.165, 1.54) is 102 Å². The lowest BCUT2D eigenvalue weighted by Crippen LogP contribution is -2.30. The maximum Gasteiger partial charge on any atom is 0.303 e. The van der Waals surface area contributed by atoms with Gasteiger partial charge in [0.2, 0.25) is 0 Å². The maximum absolute atomic E-state index is 9.90. The van der Waals surface area contributed by atoms with Crippen molar-refractivity contribution in [3.8, 4) is 0 Å². The number of likely N-dealkylation sites (N-methyl/N-ethyl adjacent to an activating group) is 1. The monoisotopic (exact) mass is 505 g/mol. The molecule has 0 saturated carbocycles. The van der Waals surface area contributed by atoms with E-state index < -0.39 is 11.9 Å². The van der Waals surface area contributed by atoms with E-state index in [4.69, 9.17) is 10.2 Å². The first kappa shape index (κ1) is 34.1. The SMILES string of the molecule is CCCCCCCCCCCCCCCC(Cc1ccccc1)N(C)C.O=C(O)CCCCC(=O)O. The summed E-state index contributed by atoms with van der Waals surface area (Å²) in [5.41, 5.74) is 1.47. The van der Waals surface area contributed by atoms with Gasteiger partial charge in [0.25, 0.3) is 0 Å². The normalized spacial score (nSPS) is 11.7. The Morgan fingerprint density at radius 1 is 0.667 bits per heavy atom. The Labute approximate surface area is 221 Å². The van der Waals surface area contributed by atoms with Crippen LogP contribution >= 0.6 is 0 Å². The Bertz CT molecular complexity index is 617. The molecule has 2 N–H and O–H groups in total. The first-order valence-electron chi connectivity index (χ1n) is 14.5. The van der Waals surface area contributed by atoms with Gasteiger partial charge in [0, 0.05) is 18.9 Å². The number of hydrogen-bond donors (Lipinski definition) is 2. The quantitative estimate of drug-likeness (QED) is 0.155. The lowest BCUT2D eigenvalue weighted by Gasteiger charge is -2.24. The molecule has 1 aromatic rings. The third-order valence-corrected chi connectivity index (χ3v) is 6.72. The zero-order valence-corrected chi connectivity index (χ0v) is 23.6. The number of aliphatic carboxylic acids is 2. The van der Waals surface area contributed by atoms with E-state index in [1.54, 1.807) is 0 Å². The number of nitrogens with zero attached hydrogens (tertiary/aromatic N) is 1. The van der Waals surface area contributed by atoms with Crippen molar-refractivity contribution in [1.82, 2.24) is 4.90 Å². The average molecular weight is 506 g/mol. The molecule has 0 aliphatic carbocycles. The van der Waals surface area contributed by atoms with Crippen LogP contribution < -0.4 is 0 Å². The van der Waals surface area contributed by atoms with Crippen molar-refractivity contribution in [2.75, 3.05) is 14.1 Å². The van der Waals surface area contributed by atoms with Crippen LogP contribution in [0.3, 0.4) is 0 Å². The van der Waals surface area contributed by atoms with Crippen LogP contribution in [0.1, 0.15) is 128 Å². The molecule has 1 rings (SSSR count). The Hall–Kier alpha value is -1.88. The van der Waals surface area contributed by atoms with E-state index in [9.17, 15) is 9.59 Å². The molecule has 1 aromatic carbocycles. The summed E-state index contributed by atoms with van der Waals surface area (Å²) in [7, 11) is 4.46. The molecule has 1 unspecified atom stereocenters. The van der Waals surface area contributed by atoms with E-state index in [0.29, 0.717) is 18.9 Å². The summed E-state index contributed by atoms with van der Waals surface area (Å²) in [5, 5.41) is 16.3. The van der Waals surface area contributed by atoms with Gasteiger partial charge in [-0.3, -0.25) is 9.59 Å². The minimum absolute atomic E-state index is 0.0628. The van der Waals surface area contributed by atoms with Gasteiger partial charge in [-0.2, -0.15) is 0 Å². The van der Waals surface area contributed by atoms with Gasteiger partial charge < -0.3 is 15.1 Å². The molecule has 0 spiro atoms. The van der Waals surface area contributed by atoms with Crippen LogP contribution in [0.4, 0.5) is 0 Å². The molecule has 0 heterocycles. The summed E-state index contributed by atoms with van der Waals surface area (Å²) < 4.78 is 0. The zero-order valence-electron chi connectivity index (χ0n) is 23.6. The van der Waals surface area contributed by atoms with Gasteiger partial charge in [-0.1, -0.05) is 121 Å². The van der Waals surface area contributed by atoms with Crippen LogP contribution in [-0.2, 0) is 16.0 Å². The van der Waals surface area contributed by atoms with Gasteiger partial charge in [-0.25, -0.2) is 0 Å². The second-order valence-electron chi connectivity index (χ2n) is 10.3. The molecule has 5 nitrogen and oxygen atoms in total. The van der Waals surface area contributed by atoms with Crippen molar-refractivity contribution in [1.29, 1.82) is 0 Å². The van der Waals surface area contributed by atoms with Crippen molar-refractivity contribution >= 4 is 11.9 Å². The van der Waals surface area contributed by atoms with E-state index in [1.807, 2.05) is 0 Å². The van der Waals surface area contributed by atoms with Crippen LogP contribution in [0.25, 0.3) is 0 Å². The fourth-order valence-corrected chi connectivity index (χ4v) is 4.38. The average Bonchev–Trinajstić information content (AvgIpc) is 2.84. The Morgan fingerprint density at radius 3 is 1.47 bits per heavy atom. The predicted octanol–water partition coefficient (Wildman–Crippen LogP) is 8.36. The van der Waals surface area contributed by atoms with Crippen molar-refractivity contribution < 1.29 is 19.8 Å². The van der Waals surface area contributed by atoms with Gasteiger partial charge in [0.05, 0.1) is 0 Å². The van der Waals surface area contributed by atoms with E-state index in [-0.39, 0.29) is 12.8 Å². The Balaban J connectivity index is 0.00000103. The molecule has 36 heavy (non-hydrogen) atoms. The number of benzene rings is 1. The molecule has 0 aliphatic rings. The van der Waals surface area contributed by atoms with E-state index in [0.717, 1.165) is 0 Å². The first-order chi connectivity index (χ1) is 17.4. The number of carboxylic acid groups (broad SMARTS) is 2. The maximum atomic E-state index is 9.90. The van der Waals surface area contributed by atoms with E-state index >= 15 is 0 Å². The molecular weight excluding hydrogens is 450 g/mol. The van der Waals surface area contributed by atoms with Crippen LogP contribution in [0.15, 0.2) is 30.3 Å². The minimum Gasteiger partial charge on any atom is -0.481 e. The molecule has 0 bridgehead atoms. The number of carboxylic acids is 2. The molecule has 5 heteroatoms. The van der Waals surface area contributed by atoms with Crippen LogP contribution in [0, 0.1) is 0 Å². The number of rotatable bonds is 22. The predicted molar refractivity (Wildman–Crippen MR) is 152 cm³/mol. The molecule has 208 valence electrons. The van der Waals surface area contributed by atoms with Crippen molar-refractivity contribution in [2.24, 2.45) is 0 Å². The standard InChI is InChI=1S/C25H45N.C6H10O4/c1-4-5-6-7-8-9-10-11-12-13-14-15-19-22-25(26(2)3)23-24-20-17-16-18-21-24;7-5(8)3-1-2-4-6(9)10/h16-18,20-21,25H,4-15,19,22-23H2,1-3H3;1-4H2,(H,7,8)(H,9,10). The van der Waals surface area contributed by atoms with E-state index in [2.05, 4.69) is 56.3 Å². The van der Waals surface area contributed by atoms with Crippen LogP contribution in [0.2, 0.25) is 0 Å². The van der Waals surface area contributed by atoms with Crippen LogP contribution in [0.5, 0.6) is 0 Å². The minimum atomic E-state index is -0.870. The molecule has 0 aromatic heterocycles. The molecule has 0 saturated heterocycles. The summed E-state index contributed by atoms with van der Waals surface area (Å²) in [4.78, 5) is 22.2. The van der Waals surface area contributed by atoms with Crippen molar-refractivity contribution in [2.45, 2.75) is 135 Å². The Morgan fingerprint density at radius 2 is 1.08 bits per heavy atom. The number of unbranched alkanes of at least 4 members (excludes halogenated alkanes) is 13. The third kappa shape index (κ3) is 23.8. The highest BCUT2D eigenvalue weighted by molar-refractivity contribution is 5.67. The molecule has 0 fully saturated rings. The molecule has 1 atom stereocenters. The summed E-state index contributed by atoms with van der Waals surface area (Å²) in [6.45, 7) is 2.30.